The molecule has 24 heavy (non-hydrogen) atoms. The fraction of sp³-hybridized carbons (Fsp3) is 0.714. The van der Waals surface area contributed by atoms with Gasteiger partial charge in [-0.3, -0.25) is 0 Å². The van der Waals surface area contributed by atoms with Gasteiger partial charge in [0.25, 0.3) is 0 Å². The largest absolute Gasteiger partial charge is 1.00 e. The van der Waals surface area contributed by atoms with Gasteiger partial charge in [0.05, 0.1) is 20.6 Å². The number of quaternary nitrogens is 1. The Kier molecular flexibility index (Phi) is 17.4. The highest BCUT2D eigenvalue weighted by Gasteiger charge is 2.14. The lowest BCUT2D eigenvalue weighted by atomic mass is 10.1. The van der Waals surface area contributed by atoms with Gasteiger partial charge >= 0.3 is 0 Å². The molecule has 0 radical (unpaired) electrons. The van der Waals surface area contributed by atoms with Gasteiger partial charge in [-0.05, 0) is 12.8 Å². The Bertz CT molecular complexity index is 367. The van der Waals surface area contributed by atoms with Crippen molar-refractivity contribution in [1.82, 2.24) is 0 Å². The van der Waals surface area contributed by atoms with Crippen molar-refractivity contribution in [2.45, 2.75) is 77.7 Å². The predicted octanol–water partition coefficient (Wildman–Crippen LogP) is 2.36. The predicted molar refractivity (Wildman–Crippen MR) is 103 cm³/mol. The summed E-state index contributed by atoms with van der Waals surface area (Å²) in [5.74, 6) is 0. The molecule has 0 heterocycles. The SMILES string of the molecule is CCCCCCCCCCCC[N+](C)(C)Cc1ccccc1.O.[Br-]. The zero-order valence-electron chi connectivity index (χ0n) is 16.2. The van der Waals surface area contributed by atoms with Gasteiger partial charge in [0, 0.05) is 5.56 Å². The van der Waals surface area contributed by atoms with Gasteiger partial charge in [-0.25, -0.2) is 0 Å². The summed E-state index contributed by atoms with van der Waals surface area (Å²) in [5, 5.41) is 0. The molecule has 0 bridgehead atoms. The van der Waals surface area contributed by atoms with E-state index in [4.69, 9.17) is 0 Å². The Morgan fingerprint density at radius 3 is 1.67 bits per heavy atom. The van der Waals surface area contributed by atoms with E-state index in [1.165, 1.54) is 76.3 Å². The van der Waals surface area contributed by atoms with E-state index in [-0.39, 0.29) is 22.5 Å². The molecule has 0 aliphatic carbocycles. The molecule has 2 nitrogen and oxygen atoms in total. The molecule has 1 aromatic rings. The van der Waals surface area contributed by atoms with E-state index in [0.29, 0.717) is 0 Å². The van der Waals surface area contributed by atoms with Crippen LogP contribution in [0.15, 0.2) is 30.3 Å². The van der Waals surface area contributed by atoms with E-state index in [9.17, 15) is 0 Å². The molecule has 0 aliphatic rings. The molecule has 0 aliphatic heterocycles. The molecule has 0 amide bonds. The Balaban J connectivity index is 0. The van der Waals surface area contributed by atoms with Gasteiger partial charge in [-0.1, -0.05) is 88.6 Å². The van der Waals surface area contributed by atoms with E-state index >= 15 is 0 Å². The Morgan fingerprint density at radius 2 is 1.17 bits per heavy atom. The molecule has 0 atom stereocenters. The monoisotopic (exact) mass is 401 g/mol. The van der Waals surface area contributed by atoms with Crippen molar-refractivity contribution in [1.29, 1.82) is 0 Å². The summed E-state index contributed by atoms with van der Waals surface area (Å²) < 4.78 is 1.11. The Hall–Kier alpha value is -0.380. The first-order chi connectivity index (χ1) is 10.6. The lowest BCUT2D eigenvalue weighted by Crippen LogP contribution is -3.00. The van der Waals surface area contributed by atoms with Gasteiger partial charge in [0.2, 0.25) is 0 Å². The molecular weight excluding hydrogens is 362 g/mol. The fourth-order valence-corrected chi connectivity index (χ4v) is 3.18. The van der Waals surface area contributed by atoms with Crippen molar-refractivity contribution in [2.75, 3.05) is 20.6 Å². The van der Waals surface area contributed by atoms with Gasteiger partial charge in [-0.15, -0.1) is 0 Å². The van der Waals surface area contributed by atoms with Crippen LogP contribution in [-0.4, -0.2) is 30.6 Å². The van der Waals surface area contributed by atoms with E-state index in [0.717, 1.165) is 11.0 Å². The highest BCUT2D eigenvalue weighted by Crippen LogP contribution is 2.13. The van der Waals surface area contributed by atoms with E-state index in [1.807, 2.05) is 0 Å². The van der Waals surface area contributed by atoms with Crippen molar-refractivity contribution < 1.29 is 26.9 Å². The number of rotatable bonds is 13. The van der Waals surface area contributed by atoms with Crippen molar-refractivity contribution in [3.8, 4) is 0 Å². The minimum atomic E-state index is 0. The van der Waals surface area contributed by atoms with Gasteiger partial charge in [0.1, 0.15) is 6.54 Å². The maximum Gasteiger partial charge on any atom is 0.104 e. The normalized spacial score (nSPS) is 10.8. The first-order valence-electron chi connectivity index (χ1n) is 9.50. The molecular formula is C21H40BrNO. The van der Waals surface area contributed by atoms with Crippen LogP contribution in [0.1, 0.15) is 76.7 Å². The molecule has 142 valence electrons. The molecule has 0 saturated carbocycles. The van der Waals surface area contributed by atoms with Gasteiger partial charge in [0.15, 0.2) is 0 Å². The van der Waals surface area contributed by atoms with Crippen molar-refractivity contribution in [2.24, 2.45) is 0 Å². The molecule has 2 N–H and O–H groups in total. The van der Waals surface area contributed by atoms with Crippen LogP contribution >= 0.6 is 0 Å². The van der Waals surface area contributed by atoms with E-state index in [1.54, 1.807) is 0 Å². The summed E-state index contributed by atoms with van der Waals surface area (Å²) in [7, 11) is 4.72. The zero-order valence-corrected chi connectivity index (χ0v) is 17.8. The molecule has 3 heteroatoms. The van der Waals surface area contributed by atoms with E-state index in [2.05, 4.69) is 51.4 Å². The number of hydrogen-bond donors (Lipinski definition) is 0. The first-order valence-corrected chi connectivity index (χ1v) is 9.50. The number of benzene rings is 1. The molecule has 1 rings (SSSR count). The van der Waals surface area contributed by atoms with Crippen molar-refractivity contribution in [3.05, 3.63) is 35.9 Å². The third-order valence-electron chi connectivity index (χ3n) is 4.57. The van der Waals surface area contributed by atoms with Crippen LogP contribution in [0.5, 0.6) is 0 Å². The zero-order chi connectivity index (χ0) is 16.1. The van der Waals surface area contributed by atoms with Crippen LogP contribution in [0.3, 0.4) is 0 Å². The summed E-state index contributed by atoms with van der Waals surface area (Å²) >= 11 is 0. The first kappa shape index (κ1) is 25.9. The molecule has 0 unspecified atom stereocenters. The lowest BCUT2D eigenvalue weighted by Gasteiger charge is -2.30. The summed E-state index contributed by atoms with van der Waals surface area (Å²) in [4.78, 5) is 0. The summed E-state index contributed by atoms with van der Waals surface area (Å²) in [6.07, 6.45) is 14.2. The highest BCUT2D eigenvalue weighted by molar-refractivity contribution is 5.13. The fourth-order valence-electron chi connectivity index (χ4n) is 3.18. The minimum Gasteiger partial charge on any atom is -1.00 e. The smallest absolute Gasteiger partial charge is 0.104 e. The molecule has 0 fully saturated rings. The number of hydrogen-bond acceptors (Lipinski definition) is 0. The second-order valence-electron chi connectivity index (χ2n) is 7.49. The minimum absolute atomic E-state index is 0. The van der Waals surface area contributed by atoms with Crippen molar-refractivity contribution >= 4 is 0 Å². The number of nitrogens with zero attached hydrogens (tertiary/aromatic N) is 1. The quantitative estimate of drug-likeness (QED) is 0.358. The number of unbranched alkanes of at least 4 members (excludes halogenated alkanes) is 9. The lowest BCUT2D eigenvalue weighted by molar-refractivity contribution is -0.903. The number of halogens is 1. The van der Waals surface area contributed by atoms with Crippen LogP contribution in [0.4, 0.5) is 0 Å². The molecule has 0 spiro atoms. The van der Waals surface area contributed by atoms with E-state index < -0.39 is 0 Å². The van der Waals surface area contributed by atoms with Crippen molar-refractivity contribution in [3.63, 3.8) is 0 Å². The van der Waals surface area contributed by atoms with Crippen LogP contribution < -0.4 is 17.0 Å². The Morgan fingerprint density at radius 1 is 0.708 bits per heavy atom. The third-order valence-corrected chi connectivity index (χ3v) is 4.57. The second-order valence-corrected chi connectivity index (χ2v) is 7.49. The van der Waals surface area contributed by atoms with Crippen LogP contribution in [0.25, 0.3) is 0 Å². The maximum absolute atomic E-state index is 2.36. The van der Waals surface area contributed by atoms with Gasteiger partial charge < -0.3 is 26.9 Å². The van der Waals surface area contributed by atoms with Crippen LogP contribution in [0, 0.1) is 0 Å². The summed E-state index contributed by atoms with van der Waals surface area (Å²) in [6.45, 7) is 4.74. The maximum atomic E-state index is 2.36. The summed E-state index contributed by atoms with van der Waals surface area (Å²) in [5.41, 5.74) is 1.46. The summed E-state index contributed by atoms with van der Waals surface area (Å²) in [6, 6.07) is 10.9. The van der Waals surface area contributed by atoms with Gasteiger partial charge in [-0.2, -0.15) is 0 Å². The molecule has 0 aromatic heterocycles. The van der Waals surface area contributed by atoms with Crippen LogP contribution in [-0.2, 0) is 6.54 Å². The average Bonchev–Trinajstić information content (AvgIpc) is 2.49. The van der Waals surface area contributed by atoms with Crippen LogP contribution in [0.2, 0.25) is 0 Å². The molecule has 1 aromatic carbocycles. The topological polar surface area (TPSA) is 31.5 Å². The third kappa shape index (κ3) is 14.0. The second kappa shape index (κ2) is 16.1. The average molecular weight is 402 g/mol. The molecule has 0 saturated heterocycles. The standard InChI is InChI=1S/C21H38N.BrH.H2O/c1-4-5-6-7-8-9-10-11-12-16-19-22(2,3)20-21-17-14-13-15-18-21;;/h13-15,17-18H,4-12,16,19-20H2,1-3H3;1H;1H2/q+1;;/p-1. The highest BCUT2D eigenvalue weighted by atomic mass is 79.9. The Labute approximate surface area is 161 Å².